The number of methoxy groups -OCH3 is 1. The van der Waals surface area contributed by atoms with Gasteiger partial charge in [-0.05, 0) is 50.8 Å². The van der Waals surface area contributed by atoms with Gasteiger partial charge in [0.1, 0.15) is 0 Å². The molecule has 7 heteroatoms. The zero-order valence-electron chi connectivity index (χ0n) is 16.0. The van der Waals surface area contributed by atoms with Crippen LogP contribution in [-0.2, 0) is 6.42 Å². The first kappa shape index (κ1) is 22.8. The number of aliphatic hydroxyl groups is 1. The number of β-amino-alcohol motifs (C(OH)–C–C–N with tert-alkyl or cyclic N) is 1. The van der Waals surface area contributed by atoms with E-state index in [0.717, 1.165) is 56.4 Å². The Hall–Kier alpha value is -1.22. The predicted molar refractivity (Wildman–Crippen MR) is 116 cm³/mol. The molecule has 1 aliphatic heterocycles. The van der Waals surface area contributed by atoms with E-state index in [2.05, 4.69) is 23.2 Å². The fraction of sp³-hybridized carbons (Fsp3) is 0.632. The van der Waals surface area contributed by atoms with Crippen LogP contribution in [0, 0.1) is 0 Å². The van der Waals surface area contributed by atoms with Crippen LogP contribution in [0.3, 0.4) is 0 Å². The second kappa shape index (κ2) is 12.2. The molecule has 1 atom stereocenters. The molecule has 0 unspecified atom stereocenters. The number of guanidine groups is 1. The Balaban J connectivity index is 0.00000338. The van der Waals surface area contributed by atoms with Crippen molar-refractivity contribution in [3.63, 3.8) is 0 Å². The Morgan fingerprint density at radius 1 is 1.35 bits per heavy atom. The summed E-state index contributed by atoms with van der Waals surface area (Å²) in [6.07, 6.45) is 2.48. The van der Waals surface area contributed by atoms with Crippen LogP contribution in [0.25, 0.3) is 0 Å². The summed E-state index contributed by atoms with van der Waals surface area (Å²) >= 11 is 0. The lowest BCUT2D eigenvalue weighted by molar-refractivity contribution is 0.188. The maximum atomic E-state index is 9.70. The second-order valence-electron chi connectivity index (χ2n) is 6.15. The average Bonchev–Trinajstić information content (AvgIpc) is 3.04. The number of halogens is 1. The SMILES string of the molecule is CCNC(=NCCCc1ccc(OC)c(OCC)c1)N1CC[C@@H](O)C1.I. The standard InChI is InChI=1S/C19H31N3O3.HI/c1-4-20-19(22-12-10-16(23)14-22)21-11-6-7-15-8-9-17(24-3)18(13-15)25-5-2;/h8-9,13,16,23H,4-7,10-12,14H2,1-3H3,(H,20,21);1H/t16-;/m1./s1. The number of nitrogens with one attached hydrogen (secondary N) is 1. The minimum absolute atomic E-state index is 0. The van der Waals surface area contributed by atoms with E-state index in [9.17, 15) is 5.11 Å². The third kappa shape index (κ3) is 6.83. The Morgan fingerprint density at radius 3 is 2.77 bits per heavy atom. The minimum atomic E-state index is -0.236. The van der Waals surface area contributed by atoms with E-state index in [4.69, 9.17) is 14.5 Å². The fourth-order valence-corrected chi connectivity index (χ4v) is 2.97. The van der Waals surface area contributed by atoms with Gasteiger partial charge < -0.3 is 24.8 Å². The van der Waals surface area contributed by atoms with Crippen molar-refractivity contribution in [2.45, 2.75) is 39.2 Å². The van der Waals surface area contributed by atoms with E-state index in [-0.39, 0.29) is 30.1 Å². The van der Waals surface area contributed by atoms with Crippen molar-refractivity contribution in [1.82, 2.24) is 10.2 Å². The zero-order valence-corrected chi connectivity index (χ0v) is 18.4. The molecule has 1 fully saturated rings. The van der Waals surface area contributed by atoms with E-state index < -0.39 is 0 Å². The smallest absolute Gasteiger partial charge is 0.194 e. The topological polar surface area (TPSA) is 66.3 Å². The molecule has 0 saturated carbocycles. The monoisotopic (exact) mass is 477 g/mol. The van der Waals surface area contributed by atoms with Gasteiger partial charge in [0.05, 0.1) is 19.8 Å². The highest BCUT2D eigenvalue weighted by atomic mass is 127. The van der Waals surface area contributed by atoms with Crippen molar-refractivity contribution >= 4 is 29.9 Å². The third-order valence-corrected chi connectivity index (χ3v) is 4.21. The highest BCUT2D eigenvalue weighted by Crippen LogP contribution is 2.28. The van der Waals surface area contributed by atoms with E-state index in [1.807, 2.05) is 19.1 Å². The van der Waals surface area contributed by atoms with Gasteiger partial charge in [-0.25, -0.2) is 0 Å². The molecule has 148 valence electrons. The van der Waals surface area contributed by atoms with Crippen LogP contribution in [0.4, 0.5) is 0 Å². The lowest BCUT2D eigenvalue weighted by Crippen LogP contribution is -2.40. The maximum Gasteiger partial charge on any atom is 0.194 e. The quantitative estimate of drug-likeness (QED) is 0.261. The maximum absolute atomic E-state index is 9.70. The number of rotatable bonds is 8. The molecular weight excluding hydrogens is 445 g/mol. The molecule has 1 heterocycles. The van der Waals surface area contributed by atoms with E-state index >= 15 is 0 Å². The lowest BCUT2D eigenvalue weighted by atomic mass is 10.1. The number of aliphatic hydroxyl groups excluding tert-OH is 1. The molecule has 2 N–H and O–H groups in total. The van der Waals surface area contributed by atoms with Crippen molar-refractivity contribution in [1.29, 1.82) is 0 Å². The molecule has 0 aromatic heterocycles. The van der Waals surface area contributed by atoms with Crippen LogP contribution in [0.15, 0.2) is 23.2 Å². The van der Waals surface area contributed by atoms with Crippen molar-refractivity contribution < 1.29 is 14.6 Å². The molecule has 0 amide bonds. The fourth-order valence-electron chi connectivity index (χ4n) is 2.97. The van der Waals surface area contributed by atoms with Crippen LogP contribution in [0.1, 0.15) is 32.3 Å². The van der Waals surface area contributed by atoms with Crippen molar-refractivity contribution in [3.05, 3.63) is 23.8 Å². The second-order valence-corrected chi connectivity index (χ2v) is 6.15. The van der Waals surface area contributed by atoms with Gasteiger partial charge in [0.2, 0.25) is 0 Å². The average molecular weight is 477 g/mol. The summed E-state index contributed by atoms with van der Waals surface area (Å²) in [5, 5.41) is 13.0. The van der Waals surface area contributed by atoms with Crippen molar-refractivity contribution in [2.24, 2.45) is 4.99 Å². The highest BCUT2D eigenvalue weighted by molar-refractivity contribution is 14.0. The largest absolute Gasteiger partial charge is 0.493 e. The van der Waals surface area contributed by atoms with Crippen molar-refractivity contribution in [2.75, 3.05) is 39.9 Å². The Morgan fingerprint density at radius 2 is 2.15 bits per heavy atom. The van der Waals surface area contributed by atoms with Gasteiger partial charge in [-0.1, -0.05) is 6.07 Å². The van der Waals surface area contributed by atoms with E-state index in [1.165, 1.54) is 5.56 Å². The molecule has 0 bridgehead atoms. The number of aryl methyl sites for hydroxylation is 1. The highest BCUT2D eigenvalue weighted by Gasteiger charge is 2.22. The molecule has 0 aliphatic carbocycles. The van der Waals surface area contributed by atoms with Gasteiger partial charge in [0.25, 0.3) is 0 Å². The van der Waals surface area contributed by atoms with Crippen LogP contribution >= 0.6 is 24.0 Å². The number of hydrogen-bond donors (Lipinski definition) is 2. The molecule has 0 spiro atoms. The number of hydrogen-bond acceptors (Lipinski definition) is 4. The first-order valence-corrected chi connectivity index (χ1v) is 9.19. The van der Waals surface area contributed by atoms with E-state index in [1.54, 1.807) is 7.11 Å². The molecule has 0 radical (unpaired) electrons. The number of likely N-dealkylation sites (tertiary alicyclic amines) is 1. The summed E-state index contributed by atoms with van der Waals surface area (Å²) in [5.74, 6) is 2.47. The molecule has 1 aliphatic rings. The number of ether oxygens (including phenoxy) is 2. The first-order valence-electron chi connectivity index (χ1n) is 9.19. The zero-order chi connectivity index (χ0) is 18.1. The molecule has 2 rings (SSSR count). The van der Waals surface area contributed by atoms with Crippen LogP contribution in [0.2, 0.25) is 0 Å². The third-order valence-electron chi connectivity index (χ3n) is 4.21. The van der Waals surface area contributed by atoms with Gasteiger partial charge in [0, 0.05) is 26.2 Å². The number of nitrogens with zero attached hydrogens (tertiary/aromatic N) is 2. The summed E-state index contributed by atoms with van der Waals surface area (Å²) in [4.78, 5) is 6.84. The summed E-state index contributed by atoms with van der Waals surface area (Å²) in [6.45, 7) is 7.78. The van der Waals surface area contributed by atoms with Gasteiger partial charge in [-0.15, -0.1) is 24.0 Å². The minimum Gasteiger partial charge on any atom is -0.493 e. The lowest BCUT2D eigenvalue weighted by Gasteiger charge is -2.20. The summed E-state index contributed by atoms with van der Waals surface area (Å²) in [5.41, 5.74) is 1.22. The van der Waals surface area contributed by atoms with Crippen molar-refractivity contribution in [3.8, 4) is 11.5 Å². The van der Waals surface area contributed by atoms with Gasteiger partial charge >= 0.3 is 0 Å². The summed E-state index contributed by atoms with van der Waals surface area (Å²) < 4.78 is 11.0. The number of benzene rings is 1. The molecule has 1 aromatic carbocycles. The summed E-state index contributed by atoms with van der Waals surface area (Å²) in [7, 11) is 1.66. The molecule has 6 nitrogen and oxygen atoms in total. The molecule has 1 saturated heterocycles. The summed E-state index contributed by atoms with van der Waals surface area (Å²) in [6, 6.07) is 6.08. The first-order chi connectivity index (χ1) is 12.2. The van der Waals surface area contributed by atoms with Gasteiger partial charge in [-0.2, -0.15) is 0 Å². The number of aliphatic imine (C=N–C) groups is 1. The Kier molecular flexibility index (Phi) is 10.7. The molecule has 1 aromatic rings. The van der Waals surface area contributed by atoms with Crippen LogP contribution in [-0.4, -0.2) is 62.0 Å². The van der Waals surface area contributed by atoms with Gasteiger partial charge in [0.15, 0.2) is 17.5 Å². The van der Waals surface area contributed by atoms with Crippen LogP contribution in [0.5, 0.6) is 11.5 Å². The normalized spacial score (nSPS) is 17.0. The predicted octanol–water partition coefficient (Wildman–Crippen LogP) is 2.68. The molecular formula is C19H32IN3O3. The van der Waals surface area contributed by atoms with Crippen LogP contribution < -0.4 is 14.8 Å². The Bertz CT molecular complexity index is 569. The van der Waals surface area contributed by atoms with Gasteiger partial charge in [-0.3, -0.25) is 4.99 Å². The Labute approximate surface area is 174 Å². The van der Waals surface area contributed by atoms with E-state index in [0.29, 0.717) is 13.2 Å². The molecule has 26 heavy (non-hydrogen) atoms.